The fourth-order valence-electron chi connectivity index (χ4n) is 2.48. The van der Waals surface area contributed by atoms with Crippen molar-refractivity contribution in [2.45, 2.75) is 12.8 Å². The number of nitrogens with zero attached hydrogens (tertiary/aromatic N) is 3. The van der Waals surface area contributed by atoms with Gasteiger partial charge in [0.1, 0.15) is 18.0 Å². The molecule has 2 unspecified atom stereocenters. The Hall–Kier alpha value is -1.32. The lowest BCUT2D eigenvalue weighted by atomic mass is 9.77. The van der Waals surface area contributed by atoms with E-state index in [1.54, 1.807) is 6.33 Å². The Morgan fingerprint density at radius 1 is 1.21 bits per heavy atom. The van der Waals surface area contributed by atoms with Crippen LogP contribution in [0.3, 0.4) is 0 Å². The molecule has 0 bridgehead atoms. The first-order valence-electron chi connectivity index (χ1n) is 5.15. The molecule has 0 spiro atoms. The topological polar surface area (TPSA) is 55.0 Å². The van der Waals surface area contributed by atoms with Gasteiger partial charge in [-0.15, -0.1) is 0 Å². The van der Waals surface area contributed by atoms with E-state index in [-0.39, 0.29) is 0 Å². The molecule has 1 aliphatic carbocycles. The van der Waals surface area contributed by atoms with Gasteiger partial charge in [-0.3, -0.25) is 0 Å². The molecule has 1 aliphatic heterocycles. The van der Waals surface area contributed by atoms with E-state index in [0.717, 1.165) is 30.7 Å². The Bertz CT molecular complexity index is 340. The Labute approximate surface area is 83.1 Å². The zero-order valence-corrected chi connectivity index (χ0v) is 8.06. The number of anilines is 2. The molecule has 4 nitrogen and oxygen atoms in total. The van der Waals surface area contributed by atoms with Crippen molar-refractivity contribution in [3.8, 4) is 0 Å². The lowest BCUT2D eigenvalue weighted by Crippen LogP contribution is -2.22. The molecule has 14 heavy (non-hydrogen) atoms. The first-order valence-corrected chi connectivity index (χ1v) is 5.15. The maximum atomic E-state index is 5.63. The molecule has 2 heterocycles. The number of nitrogens with two attached hydrogens (primary N) is 1. The van der Waals surface area contributed by atoms with Crippen molar-refractivity contribution in [1.29, 1.82) is 0 Å². The summed E-state index contributed by atoms with van der Waals surface area (Å²) in [5.41, 5.74) is 5.63. The van der Waals surface area contributed by atoms with E-state index in [9.17, 15) is 0 Å². The van der Waals surface area contributed by atoms with Gasteiger partial charge >= 0.3 is 0 Å². The Morgan fingerprint density at radius 3 is 2.50 bits per heavy atom. The van der Waals surface area contributed by atoms with E-state index in [2.05, 4.69) is 14.9 Å². The highest BCUT2D eigenvalue weighted by atomic mass is 15.2. The number of fused-ring (bicyclic) bond motifs is 1. The van der Waals surface area contributed by atoms with Crippen LogP contribution in [0.5, 0.6) is 0 Å². The largest absolute Gasteiger partial charge is 0.384 e. The summed E-state index contributed by atoms with van der Waals surface area (Å²) < 4.78 is 0. The second kappa shape index (κ2) is 2.83. The standard InChI is InChI=1S/C10H14N4/c11-9-3-10(13-6-12-9)14-4-7-1-2-8(7)5-14/h3,6-8H,1-2,4-5H2,(H2,11,12,13). The zero-order valence-electron chi connectivity index (χ0n) is 8.06. The molecule has 1 aromatic heterocycles. The number of rotatable bonds is 1. The minimum atomic E-state index is 0.564. The molecule has 0 radical (unpaired) electrons. The van der Waals surface area contributed by atoms with Gasteiger partial charge in [-0.2, -0.15) is 0 Å². The van der Waals surface area contributed by atoms with Gasteiger partial charge in [-0.1, -0.05) is 0 Å². The molecule has 2 aliphatic rings. The molecule has 0 amide bonds. The van der Waals surface area contributed by atoms with Gasteiger partial charge < -0.3 is 10.6 Å². The van der Waals surface area contributed by atoms with E-state index in [1.807, 2.05) is 6.07 Å². The maximum absolute atomic E-state index is 5.63. The van der Waals surface area contributed by atoms with Crippen LogP contribution >= 0.6 is 0 Å². The molecular weight excluding hydrogens is 176 g/mol. The van der Waals surface area contributed by atoms with E-state index in [0.29, 0.717) is 5.82 Å². The van der Waals surface area contributed by atoms with E-state index in [4.69, 9.17) is 5.73 Å². The van der Waals surface area contributed by atoms with Gasteiger partial charge in [0, 0.05) is 19.2 Å². The average Bonchev–Trinajstić information content (AvgIpc) is 2.43. The summed E-state index contributed by atoms with van der Waals surface area (Å²) in [6.45, 7) is 2.31. The highest BCUT2D eigenvalue weighted by Gasteiger charge is 2.39. The van der Waals surface area contributed by atoms with Crippen molar-refractivity contribution < 1.29 is 0 Å². The number of hydrogen-bond acceptors (Lipinski definition) is 4. The summed E-state index contributed by atoms with van der Waals surface area (Å²) in [7, 11) is 0. The van der Waals surface area contributed by atoms with Crippen LogP contribution in [-0.4, -0.2) is 23.1 Å². The lowest BCUT2D eigenvalue weighted by Gasteiger charge is -2.27. The molecule has 1 aromatic rings. The predicted octanol–water partition coefficient (Wildman–Crippen LogP) is 0.905. The monoisotopic (exact) mass is 190 g/mol. The highest BCUT2D eigenvalue weighted by molar-refractivity contribution is 5.47. The van der Waals surface area contributed by atoms with Gasteiger partial charge in [-0.25, -0.2) is 9.97 Å². The van der Waals surface area contributed by atoms with Crippen LogP contribution in [0.2, 0.25) is 0 Å². The van der Waals surface area contributed by atoms with Gasteiger partial charge in [0.25, 0.3) is 0 Å². The second-order valence-electron chi connectivity index (χ2n) is 4.30. The van der Waals surface area contributed by atoms with Crippen molar-refractivity contribution in [1.82, 2.24) is 9.97 Å². The Balaban J connectivity index is 1.82. The molecule has 0 aromatic carbocycles. The number of nitrogen functional groups attached to an aromatic ring is 1. The summed E-state index contributed by atoms with van der Waals surface area (Å²) in [5, 5.41) is 0. The molecule has 2 fully saturated rings. The average molecular weight is 190 g/mol. The molecular formula is C10H14N4. The molecule has 3 rings (SSSR count). The van der Waals surface area contributed by atoms with Crippen LogP contribution in [0.15, 0.2) is 12.4 Å². The molecule has 2 atom stereocenters. The van der Waals surface area contributed by atoms with Gasteiger partial charge in [-0.05, 0) is 24.7 Å². The summed E-state index contributed by atoms with van der Waals surface area (Å²) in [6.07, 6.45) is 4.33. The summed E-state index contributed by atoms with van der Waals surface area (Å²) in [5.74, 6) is 3.37. The van der Waals surface area contributed by atoms with Crippen LogP contribution in [0.4, 0.5) is 11.6 Å². The Morgan fingerprint density at radius 2 is 1.93 bits per heavy atom. The fraction of sp³-hybridized carbons (Fsp3) is 0.600. The third kappa shape index (κ3) is 1.14. The SMILES string of the molecule is Nc1cc(N2CC3CCC3C2)ncn1. The van der Waals surface area contributed by atoms with Gasteiger partial charge in [0.05, 0.1) is 0 Å². The van der Waals surface area contributed by atoms with Crippen molar-refractivity contribution >= 4 is 11.6 Å². The lowest BCUT2D eigenvalue weighted by molar-refractivity contribution is 0.243. The first-order chi connectivity index (χ1) is 6.83. The second-order valence-corrected chi connectivity index (χ2v) is 4.30. The van der Waals surface area contributed by atoms with E-state index in [1.165, 1.54) is 12.8 Å². The molecule has 1 saturated carbocycles. The fourth-order valence-corrected chi connectivity index (χ4v) is 2.48. The van der Waals surface area contributed by atoms with E-state index >= 15 is 0 Å². The minimum Gasteiger partial charge on any atom is -0.384 e. The van der Waals surface area contributed by atoms with Crippen molar-refractivity contribution in [3.05, 3.63) is 12.4 Å². The summed E-state index contributed by atoms with van der Waals surface area (Å²) in [6, 6.07) is 1.87. The van der Waals surface area contributed by atoms with E-state index < -0.39 is 0 Å². The normalized spacial score (nSPS) is 29.9. The van der Waals surface area contributed by atoms with Crippen LogP contribution < -0.4 is 10.6 Å². The smallest absolute Gasteiger partial charge is 0.134 e. The summed E-state index contributed by atoms with van der Waals surface area (Å²) in [4.78, 5) is 10.5. The van der Waals surface area contributed by atoms with Crippen LogP contribution in [0, 0.1) is 11.8 Å². The van der Waals surface area contributed by atoms with Crippen LogP contribution in [-0.2, 0) is 0 Å². The highest BCUT2D eigenvalue weighted by Crippen LogP contribution is 2.41. The van der Waals surface area contributed by atoms with Gasteiger partial charge in [0.15, 0.2) is 0 Å². The van der Waals surface area contributed by atoms with Crippen molar-refractivity contribution in [2.75, 3.05) is 23.7 Å². The molecule has 1 saturated heterocycles. The number of aromatic nitrogens is 2. The Kier molecular flexibility index (Phi) is 1.63. The van der Waals surface area contributed by atoms with Crippen molar-refractivity contribution in [3.63, 3.8) is 0 Å². The molecule has 2 N–H and O–H groups in total. The van der Waals surface area contributed by atoms with Gasteiger partial charge in [0.2, 0.25) is 0 Å². The maximum Gasteiger partial charge on any atom is 0.134 e. The molecule has 74 valence electrons. The first kappa shape index (κ1) is 8.03. The zero-order chi connectivity index (χ0) is 9.54. The predicted molar refractivity (Wildman–Crippen MR) is 54.9 cm³/mol. The van der Waals surface area contributed by atoms with Crippen LogP contribution in [0.25, 0.3) is 0 Å². The third-order valence-electron chi connectivity index (χ3n) is 3.48. The summed E-state index contributed by atoms with van der Waals surface area (Å²) >= 11 is 0. The van der Waals surface area contributed by atoms with Crippen LogP contribution in [0.1, 0.15) is 12.8 Å². The third-order valence-corrected chi connectivity index (χ3v) is 3.48. The molecule has 4 heteroatoms. The number of hydrogen-bond donors (Lipinski definition) is 1. The quantitative estimate of drug-likeness (QED) is 0.715. The van der Waals surface area contributed by atoms with Crippen molar-refractivity contribution in [2.24, 2.45) is 11.8 Å². The minimum absolute atomic E-state index is 0.564.